The van der Waals surface area contributed by atoms with Gasteiger partial charge in [0.15, 0.2) is 11.5 Å². The molecule has 1 aliphatic rings. The standard InChI is InChI=1S/C25H34N4O5/c1-4-16-33-23-11-10-20(18-24(23)34-17-5-2)19(3)26-25(30)28-14-12-27(13-15-28)21-8-6-7-9-22(21)29(31)32/h6-11,18-19H,4-5,12-17H2,1-3H3,(H,26,30). The zero-order chi connectivity index (χ0) is 24.5. The number of hydrogen-bond donors (Lipinski definition) is 1. The van der Waals surface area contributed by atoms with Crippen molar-refractivity contribution in [3.63, 3.8) is 0 Å². The van der Waals surface area contributed by atoms with Gasteiger partial charge in [0.2, 0.25) is 0 Å². The number of nitro groups is 1. The number of rotatable bonds is 10. The highest BCUT2D eigenvalue weighted by atomic mass is 16.6. The number of carbonyl (C=O) groups excluding carboxylic acids is 1. The summed E-state index contributed by atoms with van der Waals surface area (Å²) >= 11 is 0. The molecule has 9 nitrogen and oxygen atoms in total. The van der Waals surface area contributed by atoms with Crippen molar-refractivity contribution in [2.75, 3.05) is 44.3 Å². The lowest BCUT2D eigenvalue weighted by atomic mass is 10.1. The molecule has 1 fully saturated rings. The van der Waals surface area contributed by atoms with Gasteiger partial charge in [0.25, 0.3) is 5.69 Å². The van der Waals surface area contributed by atoms with E-state index < -0.39 is 0 Å². The van der Waals surface area contributed by atoms with Crippen LogP contribution in [0, 0.1) is 10.1 Å². The maximum atomic E-state index is 12.9. The van der Waals surface area contributed by atoms with Crippen LogP contribution in [0.25, 0.3) is 0 Å². The van der Waals surface area contributed by atoms with Crippen LogP contribution in [0.3, 0.4) is 0 Å². The predicted octanol–water partition coefficient (Wildman–Crippen LogP) is 4.77. The molecule has 1 unspecified atom stereocenters. The molecule has 0 aromatic heterocycles. The number of amides is 2. The van der Waals surface area contributed by atoms with E-state index >= 15 is 0 Å². The average molecular weight is 471 g/mol. The van der Waals surface area contributed by atoms with E-state index in [-0.39, 0.29) is 22.7 Å². The van der Waals surface area contributed by atoms with E-state index in [0.29, 0.717) is 56.6 Å². The fourth-order valence-electron chi connectivity index (χ4n) is 3.85. The number of nitro benzene ring substituents is 1. The smallest absolute Gasteiger partial charge is 0.317 e. The molecule has 2 aromatic rings. The zero-order valence-electron chi connectivity index (χ0n) is 20.2. The van der Waals surface area contributed by atoms with Gasteiger partial charge in [-0.25, -0.2) is 4.79 Å². The molecule has 0 bridgehead atoms. The first-order valence-electron chi connectivity index (χ1n) is 11.9. The van der Waals surface area contributed by atoms with Crippen LogP contribution in [0.1, 0.15) is 45.2 Å². The highest BCUT2D eigenvalue weighted by Gasteiger charge is 2.26. The minimum atomic E-state index is -0.368. The van der Waals surface area contributed by atoms with E-state index in [2.05, 4.69) is 19.2 Å². The monoisotopic (exact) mass is 470 g/mol. The van der Waals surface area contributed by atoms with E-state index in [9.17, 15) is 14.9 Å². The molecule has 0 spiro atoms. The van der Waals surface area contributed by atoms with Gasteiger partial charge in [-0.05, 0) is 43.5 Å². The first-order chi connectivity index (χ1) is 16.4. The van der Waals surface area contributed by atoms with Crippen LogP contribution in [-0.2, 0) is 0 Å². The summed E-state index contributed by atoms with van der Waals surface area (Å²) in [5.74, 6) is 1.40. The van der Waals surface area contributed by atoms with Gasteiger partial charge in [-0.1, -0.05) is 32.0 Å². The third-order valence-electron chi connectivity index (χ3n) is 5.72. The molecule has 1 atom stereocenters. The Kier molecular flexibility index (Phi) is 8.95. The fourth-order valence-corrected chi connectivity index (χ4v) is 3.85. The second-order valence-corrected chi connectivity index (χ2v) is 8.29. The number of hydrogen-bond acceptors (Lipinski definition) is 6. The number of nitrogens with one attached hydrogen (secondary N) is 1. The molecule has 184 valence electrons. The third-order valence-corrected chi connectivity index (χ3v) is 5.72. The summed E-state index contributed by atoms with van der Waals surface area (Å²) in [6.45, 7) is 9.29. The van der Waals surface area contributed by atoms with Crippen LogP contribution in [0.4, 0.5) is 16.2 Å². The highest BCUT2D eigenvalue weighted by Crippen LogP contribution is 2.31. The Morgan fingerprint density at radius 3 is 2.32 bits per heavy atom. The van der Waals surface area contributed by atoms with Crippen molar-refractivity contribution in [1.29, 1.82) is 0 Å². The van der Waals surface area contributed by atoms with Gasteiger partial charge in [0.05, 0.1) is 24.2 Å². The fraction of sp³-hybridized carbons (Fsp3) is 0.480. The molecule has 9 heteroatoms. The summed E-state index contributed by atoms with van der Waals surface area (Å²) in [7, 11) is 0. The van der Waals surface area contributed by atoms with Crippen LogP contribution in [0.5, 0.6) is 11.5 Å². The Morgan fingerprint density at radius 2 is 1.68 bits per heavy atom. The third kappa shape index (κ3) is 6.30. The number of piperazine rings is 1. The molecule has 0 radical (unpaired) electrons. The second kappa shape index (κ2) is 12.1. The van der Waals surface area contributed by atoms with Crippen LogP contribution in [-0.4, -0.2) is 55.2 Å². The lowest BCUT2D eigenvalue weighted by Crippen LogP contribution is -2.52. The second-order valence-electron chi connectivity index (χ2n) is 8.29. The van der Waals surface area contributed by atoms with Crippen LogP contribution in [0.2, 0.25) is 0 Å². The Morgan fingerprint density at radius 1 is 1.03 bits per heavy atom. The Hall–Kier alpha value is -3.49. The number of ether oxygens (including phenoxy) is 2. The minimum Gasteiger partial charge on any atom is -0.490 e. The molecule has 2 aromatic carbocycles. The molecule has 0 saturated carbocycles. The minimum absolute atomic E-state index is 0.0847. The molecular formula is C25H34N4O5. The summed E-state index contributed by atoms with van der Waals surface area (Å²) in [5, 5.41) is 14.4. The Labute approximate surface area is 200 Å². The summed E-state index contributed by atoms with van der Waals surface area (Å²) in [4.78, 5) is 27.6. The van der Waals surface area contributed by atoms with E-state index in [1.54, 1.807) is 23.1 Å². The number of benzene rings is 2. The molecular weight excluding hydrogens is 436 g/mol. The van der Waals surface area contributed by atoms with Crippen molar-refractivity contribution in [2.45, 2.75) is 39.7 Å². The molecule has 0 aliphatic carbocycles. The average Bonchev–Trinajstić information content (AvgIpc) is 2.86. The van der Waals surface area contributed by atoms with Gasteiger partial charge in [0.1, 0.15) is 5.69 Å². The lowest BCUT2D eigenvalue weighted by molar-refractivity contribution is -0.384. The maximum absolute atomic E-state index is 12.9. The van der Waals surface area contributed by atoms with Crippen molar-refractivity contribution in [1.82, 2.24) is 10.2 Å². The molecule has 2 amide bonds. The molecule has 1 saturated heterocycles. The summed E-state index contributed by atoms with van der Waals surface area (Å²) in [6, 6.07) is 12.1. The summed E-state index contributed by atoms with van der Waals surface area (Å²) < 4.78 is 11.7. The number of carbonyl (C=O) groups is 1. The van der Waals surface area contributed by atoms with Crippen LogP contribution >= 0.6 is 0 Å². The van der Waals surface area contributed by atoms with Gasteiger partial charge in [-0.2, -0.15) is 0 Å². The van der Waals surface area contributed by atoms with E-state index in [4.69, 9.17) is 9.47 Å². The zero-order valence-corrected chi connectivity index (χ0v) is 20.2. The topological polar surface area (TPSA) is 97.2 Å². The maximum Gasteiger partial charge on any atom is 0.317 e. The quantitative estimate of drug-likeness (QED) is 0.397. The van der Waals surface area contributed by atoms with Crippen LogP contribution < -0.4 is 19.7 Å². The number of anilines is 1. The van der Waals surface area contributed by atoms with Gasteiger partial charge < -0.3 is 24.6 Å². The molecule has 1 heterocycles. The number of urea groups is 1. The first-order valence-corrected chi connectivity index (χ1v) is 11.9. The Balaban J connectivity index is 1.60. The van der Waals surface area contributed by atoms with Gasteiger partial charge in [-0.15, -0.1) is 0 Å². The number of nitrogens with zero attached hydrogens (tertiary/aromatic N) is 3. The van der Waals surface area contributed by atoms with Crippen molar-refractivity contribution in [3.8, 4) is 11.5 Å². The molecule has 34 heavy (non-hydrogen) atoms. The van der Waals surface area contributed by atoms with Gasteiger partial charge in [-0.3, -0.25) is 10.1 Å². The van der Waals surface area contributed by atoms with Crippen molar-refractivity contribution < 1.29 is 19.2 Å². The van der Waals surface area contributed by atoms with Gasteiger partial charge >= 0.3 is 6.03 Å². The SMILES string of the molecule is CCCOc1ccc(C(C)NC(=O)N2CCN(c3ccccc3[N+](=O)[O-])CC2)cc1OCCC. The highest BCUT2D eigenvalue weighted by molar-refractivity contribution is 5.75. The predicted molar refractivity (Wildman–Crippen MR) is 132 cm³/mol. The molecule has 1 aliphatic heterocycles. The van der Waals surface area contributed by atoms with Crippen molar-refractivity contribution >= 4 is 17.4 Å². The summed E-state index contributed by atoms with van der Waals surface area (Å²) in [6.07, 6.45) is 1.80. The van der Waals surface area contributed by atoms with E-state index in [1.165, 1.54) is 6.07 Å². The van der Waals surface area contributed by atoms with Crippen molar-refractivity contribution in [2.24, 2.45) is 0 Å². The summed E-state index contributed by atoms with van der Waals surface area (Å²) in [5.41, 5.74) is 1.61. The van der Waals surface area contributed by atoms with Crippen LogP contribution in [0.15, 0.2) is 42.5 Å². The molecule has 1 N–H and O–H groups in total. The Bertz CT molecular complexity index is 976. The molecule has 3 rings (SSSR count). The lowest BCUT2D eigenvalue weighted by Gasteiger charge is -2.36. The number of para-hydroxylation sites is 2. The van der Waals surface area contributed by atoms with E-state index in [1.807, 2.05) is 30.0 Å². The first kappa shape index (κ1) is 25.1. The largest absolute Gasteiger partial charge is 0.490 e. The normalized spacial score (nSPS) is 14.4. The van der Waals surface area contributed by atoms with Gasteiger partial charge in [0, 0.05) is 32.2 Å². The van der Waals surface area contributed by atoms with Crippen molar-refractivity contribution in [3.05, 3.63) is 58.1 Å². The van der Waals surface area contributed by atoms with E-state index in [0.717, 1.165) is 18.4 Å².